The molecule has 0 saturated heterocycles. The largest absolute Gasteiger partial charge is 0.351 e. The minimum Gasteiger partial charge on any atom is -0.351 e. The van der Waals surface area contributed by atoms with Gasteiger partial charge in [0.1, 0.15) is 0 Å². The van der Waals surface area contributed by atoms with E-state index in [1.165, 1.54) is 5.41 Å². The first-order valence-corrected chi connectivity index (χ1v) is 8.32. The van der Waals surface area contributed by atoms with Crippen molar-refractivity contribution >= 4 is 15.7 Å². The van der Waals surface area contributed by atoms with Crippen LogP contribution in [0, 0.1) is 11.3 Å². The zero-order valence-corrected chi connectivity index (χ0v) is 13.3. The van der Waals surface area contributed by atoms with Crippen molar-refractivity contribution in [3.63, 3.8) is 0 Å². The third kappa shape index (κ3) is 6.23. The molecule has 0 radical (unpaired) electrons. The molecule has 1 amide bonds. The van der Waals surface area contributed by atoms with Crippen molar-refractivity contribution in [2.45, 2.75) is 53.0 Å². The number of rotatable bonds is 4. The maximum Gasteiger partial charge on any atom is 0.221 e. The Morgan fingerprint density at radius 1 is 1.26 bits per heavy atom. The monoisotopic (exact) mass is 287 g/mol. The van der Waals surface area contributed by atoms with Crippen molar-refractivity contribution in [3.05, 3.63) is 11.5 Å². The number of amides is 1. The summed E-state index contributed by atoms with van der Waals surface area (Å²) in [6, 6.07) is 0. The fourth-order valence-corrected chi connectivity index (χ4v) is 4.20. The molecule has 0 bridgehead atoms. The maximum atomic E-state index is 12.0. The molecule has 1 aliphatic heterocycles. The van der Waals surface area contributed by atoms with E-state index in [0.29, 0.717) is 0 Å². The van der Waals surface area contributed by atoms with Gasteiger partial charge in [-0.1, -0.05) is 26.8 Å². The van der Waals surface area contributed by atoms with Crippen LogP contribution in [0.1, 0.15) is 47.5 Å². The molecule has 0 unspecified atom stereocenters. The van der Waals surface area contributed by atoms with E-state index in [4.69, 9.17) is 0 Å². The van der Waals surface area contributed by atoms with Gasteiger partial charge in [-0.3, -0.25) is 4.79 Å². The van der Waals surface area contributed by atoms with Gasteiger partial charge in [0.15, 0.2) is 9.84 Å². The minimum atomic E-state index is -3.07. The molecule has 5 heteroatoms. The summed E-state index contributed by atoms with van der Waals surface area (Å²) in [5, 5.41) is 4.21. The van der Waals surface area contributed by atoms with E-state index in [1.807, 2.05) is 13.8 Å². The van der Waals surface area contributed by atoms with Gasteiger partial charge in [-0.15, -0.1) is 0 Å². The third-order valence-electron chi connectivity index (χ3n) is 2.90. The number of nitrogens with one attached hydrogen (secondary N) is 1. The van der Waals surface area contributed by atoms with E-state index in [9.17, 15) is 13.2 Å². The zero-order chi connectivity index (χ0) is 14.9. The zero-order valence-electron chi connectivity index (χ0n) is 12.5. The highest BCUT2D eigenvalue weighted by atomic mass is 32.2. The minimum absolute atomic E-state index is 0.0557. The highest BCUT2D eigenvalue weighted by molar-refractivity contribution is 7.94. The second kappa shape index (κ2) is 5.27. The van der Waals surface area contributed by atoms with Crippen molar-refractivity contribution in [2.24, 2.45) is 11.3 Å². The summed E-state index contributed by atoms with van der Waals surface area (Å²) in [4.78, 5) is 12.0. The molecule has 1 N–H and O–H groups in total. The van der Waals surface area contributed by atoms with Gasteiger partial charge in [0.25, 0.3) is 0 Å². The van der Waals surface area contributed by atoms with E-state index in [0.717, 1.165) is 6.42 Å². The molecule has 4 nitrogen and oxygen atoms in total. The second-order valence-corrected chi connectivity index (χ2v) is 9.22. The average Bonchev–Trinajstić information content (AvgIpc) is 2.38. The number of hydrogen-bond donors (Lipinski definition) is 1. The highest BCUT2D eigenvalue weighted by Crippen LogP contribution is 2.27. The molecule has 1 heterocycles. The molecule has 1 rings (SSSR count). The van der Waals surface area contributed by atoms with Crippen LogP contribution < -0.4 is 5.32 Å². The Balaban J connectivity index is 2.50. The summed E-state index contributed by atoms with van der Waals surface area (Å²) >= 11 is 0. The van der Waals surface area contributed by atoms with Gasteiger partial charge in [0, 0.05) is 23.3 Å². The van der Waals surface area contributed by atoms with Gasteiger partial charge < -0.3 is 5.32 Å². The molecule has 0 aromatic carbocycles. The molecule has 110 valence electrons. The summed E-state index contributed by atoms with van der Waals surface area (Å²) in [6.07, 6.45) is 2.72. The Morgan fingerprint density at radius 2 is 1.84 bits per heavy atom. The predicted octanol–water partition coefficient (Wildman–Crippen LogP) is 2.27. The maximum absolute atomic E-state index is 12.0. The smallest absolute Gasteiger partial charge is 0.221 e. The van der Waals surface area contributed by atoms with Crippen molar-refractivity contribution in [3.8, 4) is 0 Å². The summed E-state index contributed by atoms with van der Waals surface area (Å²) in [5.74, 6) is -0.212. The standard InChI is InChI=1S/C14H25NO3S/c1-13(2,3)10-14(4,5)15-12(16)8-11-6-7-19(17,18)9-11/h6-7,11H,8-10H2,1-5H3,(H,15,16)/t11-/m1/s1. The molecule has 0 aromatic rings. The van der Waals surface area contributed by atoms with Gasteiger partial charge in [-0.05, 0) is 25.7 Å². The molecule has 1 atom stereocenters. The Labute approximate surface area is 116 Å². The summed E-state index contributed by atoms with van der Waals surface area (Å²) in [6.45, 7) is 10.4. The Bertz CT molecular complexity index is 469. The molecule has 1 aliphatic rings. The second-order valence-electron chi connectivity index (χ2n) is 7.29. The van der Waals surface area contributed by atoms with E-state index in [2.05, 4.69) is 26.1 Å². The Kier molecular flexibility index (Phi) is 4.50. The molecule has 0 aromatic heterocycles. The average molecular weight is 287 g/mol. The first kappa shape index (κ1) is 16.2. The Morgan fingerprint density at radius 3 is 2.26 bits per heavy atom. The first-order valence-electron chi connectivity index (χ1n) is 6.61. The fraction of sp³-hybridized carbons (Fsp3) is 0.786. The predicted molar refractivity (Wildman–Crippen MR) is 77.3 cm³/mol. The van der Waals surface area contributed by atoms with Gasteiger partial charge in [-0.2, -0.15) is 0 Å². The lowest BCUT2D eigenvalue weighted by Gasteiger charge is -2.33. The van der Waals surface area contributed by atoms with Crippen LogP contribution in [0.5, 0.6) is 0 Å². The van der Waals surface area contributed by atoms with Crippen LogP contribution >= 0.6 is 0 Å². The number of carbonyl (C=O) groups is 1. The van der Waals surface area contributed by atoms with Crippen LogP contribution in [-0.2, 0) is 14.6 Å². The quantitative estimate of drug-likeness (QED) is 0.862. The lowest BCUT2D eigenvalue weighted by atomic mass is 9.81. The van der Waals surface area contributed by atoms with Gasteiger partial charge in [0.05, 0.1) is 5.75 Å². The molecule has 0 fully saturated rings. The lowest BCUT2D eigenvalue weighted by Crippen LogP contribution is -2.46. The van der Waals surface area contributed by atoms with Crippen molar-refractivity contribution < 1.29 is 13.2 Å². The van der Waals surface area contributed by atoms with Crippen molar-refractivity contribution in [2.75, 3.05) is 5.75 Å². The van der Waals surface area contributed by atoms with E-state index < -0.39 is 9.84 Å². The molecular weight excluding hydrogens is 262 g/mol. The normalized spacial score (nSPS) is 22.5. The van der Waals surface area contributed by atoms with E-state index in [-0.39, 0.29) is 35.0 Å². The molecule has 0 aliphatic carbocycles. The van der Waals surface area contributed by atoms with Crippen LogP contribution in [0.2, 0.25) is 0 Å². The van der Waals surface area contributed by atoms with Gasteiger partial charge in [0.2, 0.25) is 5.91 Å². The molecule has 0 saturated carbocycles. The topological polar surface area (TPSA) is 63.2 Å². The van der Waals surface area contributed by atoms with E-state index >= 15 is 0 Å². The number of allylic oxidation sites excluding steroid dienone is 1. The highest BCUT2D eigenvalue weighted by Gasteiger charge is 2.29. The molecule has 19 heavy (non-hydrogen) atoms. The Hall–Kier alpha value is -0.840. The van der Waals surface area contributed by atoms with Crippen molar-refractivity contribution in [1.29, 1.82) is 0 Å². The van der Waals surface area contributed by atoms with Gasteiger partial charge >= 0.3 is 0 Å². The van der Waals surface area contributed by atoms with Crippen LogP contribution in [0.4, 0.5) is 0 Å². The van der Waals surface area contributed by atoms with Crippen molar-refractivity contribution in [1.82, 2.24) is 5.32 Å². The fourth-order valence-electron chi connectivity index (χ4n) is 2.80. The summed E-state index contributed by atoms with van der Waals surface area (Å²) in [5.41, 5.74) is -0.149. The van der Waals surface area contributed by atoms with Crippen LogP contribution in [0.25, 0.3) is 0 Å². The van der Waals surface area contributed by atoms with E-state index in [1.54, 1.807) is 6.08 Å². The lowest BCUT2D eigenvalue weighted by molar-refractivity contribution is -0.123. The number of hydrogen-bond acceptors (Lipinski definition) is 3. The molecule has 0 spiro atoms. The first-order chi connectivity index (χ1) is 8.39. The summed E-state index contributed by atoms with van der Waals surface area (Å²) < 4.78 is 22.6. The van der Waals surface area contributed by atoms with Gasteiger partial charge in [-0.25, -0.2) is 8.42 Å². The third-order valence-corrected chi connectivity index (χ3v) is 4.37. The number of carbonyl (C=O) groups excluding carboxylic acids is 1. The van der Waals surface area contributed by atoms with Crippen LogP contribution in [0.15, 0.2) is 11.5 Å². The molecular formula is C14H25NO3S. The SMILES string of the molecule is CC(C)(C)CC(C)(C)NC(=O)C[C@H]1C=CS(=O)(=O)C1. The van der Waals surface area contributed by atoms with Crippen LogP contribution in [-0.4, -0.2) is 25.6 Å². The summed E-state index contributed by atoms with van der Waals surface area (Å²) in [7, 11) is -3.07. The number of sulfone groups is 1. The van der Waals surface area contributed by atoms with Crippen LogP contribution in [0.3, 0.4) is 0 Å².